The molecule has 35 heavy (non-hydrogen) atoms. The molecule has 0 spiro atoms. The fourth-order valence-corrected chi connectivity index (χ4v) is 4.32. The summed E-state index contributed by atoms with van der Waals surface area (Å²) >= 11 is 0. The van der Waals surface area contributed by atoms with Crippen LogP contribution in [0.3, 0.4) is 0 Å². The van der Waals surface area contributed by atoms with E-state index >= 15 is 0 Å². The van der Waals surface area contributed by atoms with Crippen molar-refractivity contribution in [2.24, 2.45) is 0 Å². The number of nitrogens with zero attached hydrogens (tertiary/aromatic N) is 5. The summed E-state index contributed by atoms with van der Waals surface area (Å²) < 4.78 is 19.4. The molecule has 182 valence electrons. The number of rotatable bonds is 7. The highest BCUT2D eigenvalue weighted by Gasteiger charge is 2.50. The van der Waals surface area contributed by atoms with Gasteiger partial charge < -0.3 is 29.5 Å². The Morgan fingerprint density at radius 1 is 1.09 bits per heavy atom. The first kappa shape index (κ1) is 22.7. The summed E-state index contributed by atoms with van der Waals surface area (Å²) in [5.74, 6) is -1.09. The van der Waals surface area contributed by atoms with Crippen LogP contribution in [0.15, 0.2) is 48.5 Å². The summed E-state index contributed by atoms with van der Waals surface area (Å²) in [6.45, 7) is 0.461. The van der Waals surface area contributed by atoms with E-state index in [2.05, 4.69) is 20.8 Å². The second kappa shape index (κ2) is 9.31. The van der Waals surface area contributed by atoms with Crippen LogP contribution in [-0.2, 0) is 9.47 Å². The number of tetrazole rings is 1. The second-order valence-electron chi connectivity index (χ2n) is 8.49. The minimum Gasteiger partial charge on any atom is -0.478 e. The molecule has 2 aliphatic heterocycles. The molecule has 0 saturated carbocycles. The number of aromatic carboxylic acids is 1. The van der Waals surface area contributed by atoms with Gasteiger partial charge >= 0.3 is 12.0 Å². The quantitative estimate of drug-likeness (QED) is 0.509. The van der Waals surface area contributed by atoms with Crippen molar-refractivity contribution in [2.75, 3.05) is 32.2 Å². The van der Waals surface area contributed by atoms with Crippen LogP contribution < -0.4 is 15.0 Å². The van der Waals surface area contributed by atoms with Gasteiger partial charge in [-0.25, -0.2) is 4.79 Å². The molecule has 2 aromatic carbocycles. The van der Waals surface area contributed by atoms with Crippen molar-refractivity contribution < 1.29 is 28.9 Å². The van der Waals surface area contributed by atoms with Gasteiger partial charge in [0.15, 0.2) is 0 Å². The molecule has 1 amide bonds. The molecule has 2 saturated heterocycles. The Kier molecular flexibility index (Phi) is 6.05. The van der Waals surface area contributed by atoms with Crippen molar-refractivity contribution in [2.45, 2.75) is 24.3 Å². The normalized spacial score (nSPS) is 23.0. The predicted molar refractivity (Wildman–Crippen MR) is 122 cm³/mol. The van der Waals surface area contributed by atoms with E-state index < -0.39 is 30.1 Å². The molecule has 5 rings (SSSR count). The van der Waals surface area contributed by atoms with Crippen LogP contribution in [0.5, 0.6) is 11.8 Å². The highest BCUT2D eigenvalue weighted by molar-refractivity contribution is 6.04. The summed E-state index contributed by atoms with van der Waals surface area (Å²) in [4.78, 5) is 26.2. The molecule has 0 aliphatic carbocycles. The van der Waals surface area contributed by atoms with Crippen LogP contribution in [0.2, 0.25) is 0 Å². The Labute approximate surface area is 200 Å². The smallest absolute Gasteiger partial charge is 0.341 e. The van der Waals surface area contributed by atoms with Crippen LogP contribution in [0.25, 0.3) is 0 Å². The molecule has 0 radical (unpaired) electrons. The van der Waals surface area contributed by atoms with Gasteiger partial charge in [0.2, 0.25) is 0 Å². The summed E-state index contributed by atoms with van der Waals surface area (Å²) in [6, 6.07) is 12.9. The van der Waals surface area contributed by atoms with E-state index in [1.54, 1.807) is 12.1 Å². The largest absolute Gasteiger partial charge is 0.478 e. The van der Waals surface area contributed by atoms with E-state index in [9.17, 15) is 14.7 Å². The highest BCUT2D eigenvalue weighted by Crippen LogP contribution is 2.36. The van der Waals surface area contributed by atoms with Crippen molar-refractivity contribution >= 4 is 17.6 Å². The number of carbonyl (C=O) groups is 2. The molecule has 2 fully saturated rings. The monoisotopic (exact) mass is 480 g/mol. The lowest BCUT2D eigenvalue weighted by Gasteiger charge is -2.18. The van der Waals surface area contributed by atoms with Crippen molar-refractivity contribution in [3.05, 3.63) is 59.7 Å². The van der Waals surface area contributed by atoms with Gasteiger partial charge in [0.25, 0.3) is 5.91 Å². The third kappa shape index (κ3) is 4.40. The van der Waals surface area contributed by atoms with E-state index in [1.807, 2.05) is 43.3 Å². The van der Waals surface area contributed by atoms with Gasteiger partial charge in [-0.2, -0.15) is 4.68 Å². The number of nitrogens with one attached hydrogen (secondary N) is 1. The third-order valence-electron chi connectivity index (χ3n) is 6.07. The minimum atomic E-state index is -1.17. The molecule has 0 unspecified atom stereocenters. The second-order valence-corrected chi connectivity index (χ2v) is 8.49. The Hall–Kier alpha value is -4.03. The number of aromatic nitrogens is 4. The predicted octanol–water partition coefficient (Wildman–Crippen LogP) is 1.37. The molecule has 2 aliphatic rings. The van der Waals surface area contributed by atoms with Gasteiger partial charge in [0, 0.05) is 25.8 Å². The van der Waals surface area contributed by atoms with Crippen molar-refractivity contribution in [1.82, 2.24) is 25.5 Å². The number of benzene rings is 2. The number of hydrogen-bond acceptors (Lipinski definition) is 9. The lowest BCUT2D eigenvalue weighted by atomic mass is 10.0. The highest BCUT2D eigenvalue weighted by atomic mass is 16.6. The van der Waals surface area contributed by atoms with Crippen molar-refractivity contribution in [1.29, 1.82) is 0 Å². The van der Waals surface area contributed by atoms with Crippen molar-refractivity contribution in [3.8, 4) is 11.8 Å². The summed E-state index contributed by atoms with van der Waals surface area (Å²) in [7, 11) is 3.87. The topological polar surface area (TPSA) is 141 Å². The Morgan fingerprint density at radius 3 is 2.63 bits per heavy atom. The van der Waals surface area contributed by atoms with Crippen LogP contribution in [0.4, 0.5) is 5.69 Å². The van der Waals surface area contributed by atoms with Gasteiger partial charge in [0.05, 0.1) is 30.4 Å². The number of carboxylic acid groups (broad SMARTS) is 1. The van der Waals surface area contributed by atoms with E-state index in [0.29, 0.717) is 5.75 Å². The average molecular weight is 480 g/mol. The van der Waals surface area contributed by atoms with Gasteiger partial charge in [-0.05, 0) is 34.7 Å². The molecule has 1 aromatic heterocycles. The van der Waals surface area contributed by atoms with Gasteiger partial charge in [-0.1, -0.05) is 23.3 Å². The molecular formula is C23H24N6O6. The van der Waals surface area contributed by atoms with Gasteiger partial charge in [0.1, 0.15) is 24.0 Å². The first-order chi connectivity index (χ1) is 16.9. The Morgan fingerprint density at radius 2 is 1.86 bits per heavy atom. The van der Waals surface area contributed by atoms with Gasteiger partial charge in [-0.15, -0.1) is 0 Å². The van der Waals surface area contributed by atoms with Crippen LogP contribution >= 0.6 is 0 Å². The molecule has 3 heterocycles. The maximum atomic E-state index is 12.8. The first-order valence-corrected chi connectivity index (χ1v) is 11.0. The summed E-state index contributed by atoms with van der Waals surface area (Å²) in [5, 5.41) is 24.1. The number of ether oxygens (including phenoxy) is 3. The molecular weight excluding hydrogens is 456 g/mol. The number of fused-ring (bicyclic) bond motifs is 1. The van der Waals surface area contributed by atoms with Crippen LogP contribution in [-0.4, -0.2) is 82.7 Å². The molecule has 4 atom stereocenters. The zero-order chi connectivity index (χ0) is 24.5. The van der Waals surface area contributed by atoms with Crippen LogP contribution in [0.1, 0.15) is 26.8 Å². The first-order valence-electron chi connectivity index (χ1n) is 11.0. The maximum Gasteiger partial charge on any atom is 0.341 e. The van der Waals surface area contributed by atoms with E-state index in [-0.39, 0.29) is 36.4 Å². The van der Waals surface area contributed by atoms with E-state index in [1.165, 1.54) is 16.8 Å². The SMILES string of the molecule is CN(C)c1cccc(Oc2nnnn2[C@H]2CO[C@H]3[C@@H]2OC[C@@H]3NC(=O)c2ccccc2C(=O)O)c1. The summed E-state index contributed by atoms with van der Waals surface area (Å²) in [5.41, 5.74) is 0.974. The molecule has 0 bridgehead atoms. The fraction of sp³-hybridized carbons (Fsp3) is 0.348. The number of hydrogen-bond donors (Lipinski definition) is 2. The number of carboxylic acids is 1. The average Bonchev–Trinajstić information content (AvgIpc) is 3.57. The molecule has 3 aromatic rings. The Balaban J connectivity index is 1.29. The van der Waals surface area contributed by atoms with Crippen molar-refractivity contribution in [3.63, 3.8) is 0 Å². The third-order valence-corrected chi connectivity index (χ3v) is 6.07. The minimum absolute atomic E-state index is 0.0699. The standard InChI is InChI=1S/C23H24N6O6/c1-28(2)13-6-5-7-14(10-13)35-23-25-26-27-29(23)18-12-34-19-17(11-33-20(18)19)24-21(30)15-8-3-4-9-16(15)22(31)32/h3-10,17-20H,11-12H2,1-2H3,(H,24,30)(H,31,32)/t17-,18-,19+,20+/m0/s1. The zero-order valence-corrected chi connectivity index (χ0v) is 19.1. The number of amides is 1. The van der Waals surface area contributed by atoms with Gasteiger partial charge in [-0.3, -0.25) is 4.79 Å². The lowest BCUT2D eigenvalue weighted by Crippen LogP contribution is -2.44. The maximum absolute atomic E-state index is 12.8. The van der Waals surface area contributed by atoms with Crippen LogP contribution in [0, 0.1) is 0 Å². The molecule has 12 nitrogen and oxygen atoms in total. The Bertz CT molecular complexity index is 1250. The van der Waals surface area contributed by atoms with E-state index in [4.69, 9.17) is 14.2 Å². The number of carbonyl (C=O) groups excluding carboxylic acids is 1. The molecule has 2 N–H and O–H groups in total. The van der Waals surface area contributed by atoms with E-state index in [0.717, 1.165) is 5.69 Å². The number of anilines is 1. The lowest BCUT2D eigenvalue weighted by molar-refractivity contribution is 0.0606. The summed E-state index contributed by atoms with van der Waals surface area (Å²) in [6.07, 6.45) is -0.871. The zero-order valence-electron chi connectivity index (χ0n) is 19.1. The fourth-order valence-electron chi connectivity index (χ4n) is 4.32. The molecule has 12 heteroatoms.